The molecule has 0 radical (unpaired) electrons. The van der Waals surface area contributed by atoms with Crippen LogP contribution in [0.5, 0.6) is 0 Å². The molecule has 0 aliphatic heterocycles. The molecular formula is C23H20F3N3O. The minimum absolute atomic E-state index is 0.263. The number of amides is 1. The minimum Gasteiger partial charge on any atom is -0.383 e. The Morgan fingerprint density at radius 1 is 1.13 bits per heavy atom. The Kier molecular flexibility index (Phi) is 4.76. The zero-order valence-corrected chi connectivity index (χ0v) is 16.5. The molecule has 7 heteroatoms. The third-order valence-electron chi connectivity index (χ3n) is 5.06. The highest BCUT2D eigenvalue weighted by atomic mass is 19.4. The van der Waals surface area contributed by atoms with Gasteiger partial charge in [-0.05, 0) is 55.3 Å². The number of carbonyl (C=O) groups is 1. The van der Waals surface area contributed by atoms with Crippen molar-refractivity contribution in [2.24, 2.45) is 5.73 Å². The van der Waals surface area contributed by atoms with Crippen molar-refractivity contribution in [1.29, 1.82) is 0 Å². The lowest BCUT2D eigenvalue weighted by molar-refractivity contribution is -0.137. The molecule has 3 N–H and O–H groups in total. The summed E-state index contributed by atoms with van der Waals surface area (Å²) in [6.45, 7) is 4.08. The topological polar surface area (TPSA) is 68.0 Å². The Labute approximate surface area is 171 Å². The Bertz CT molecular complexity index is 1150. The van der Waals surface area contributed by atoms with Crippen LogP contribution in [-0.2, 0) is 12.6 Å². The molecule has 0 fully saturated rings. The molecule has 4 rings (SSSR count). The average Bonchev–Trinajstić information content (AvgIpc) is 3.03. The lowest BCUT2D eigenvalue weighted by Gasteiger charge is -2.12. The van der Waals surface area contributed by atoms with Crippen LogP contribution in [0.2, 0.25) is 0 Å². The lowest BCUT2D eigenvalue weighted by atomic mass is 10.0. The number of nitrogens with zero attached hydrogens (tertiary/aromatic N) is 1. The second-order valence-electron chi connectivity index (χ2n) is 7.67. The molecule has 1 aromatic heterocycles. The maximum atomic E-state index is 13.1. The normalized spacial score (nSPS) is 12.6. The minimum atomic E-state index is -4.47. The highest BCUT2D eigenvalue weighted by Crippen LogP contribution is 2.40. The third-order valence-corrected chi connectivity index (χ3v) is 5.06. The first-order valence-electron chi connectivity index (χ1n) is 9.54. The average molecular weight is 411 g/mol. The van der Waals surface area contributed by atoms with Crippen LogP contribution in [0.1, 0.15) is 40.9 Å². The van der Waals surface area contributed by atoms with E-state index < -0.39 is 17.6 Å². The first-order chi connectivity index (χ1) is 14.1. The molecule has 2 aromatic carbocycles. The molecule has 1 amide bonds. The van der Waals surface area contributed by atoms with Crippen LogP contribution in [0.15, 0.2) is 48.5 Å². The quantitative estimate of drug-likeness (QED) is 0.481. The molecule has 0 saturated heterocycles. The van der Waals surface area contributed by atoms with E-state index in [-0.39, 0.29) is 22.9 Å². The van der Waals surface area contributed by atoms with Crippen molar-refractivity contribution in [2.45, 2.75) is 32.5 Å². The number of halogens is 3. The van der Waals surface area contributed by atoms with Crippen LogP contribution in [0.3, 0.4) is 0 Å². The van der Waals surface area contributed by atoms with E-state index in [0.29, 0.717) is 17.7 Å². The maximum Gasteiger partial charge on any atom is 0.416 e. The predicted octanol–water partition coefficient (Wildman–Crippen LogP) is 5.26. The molecule has 0 saturated carbocycles. The molecule has 154 valence electrons. The molecule has 1 aliphatic carbocycles. The summed E-state index contributed by atoms with van der Waals surface area (Å²) in [6.07, 6.45) is -3.97. The highest BCUT2D eigenvalue weighted by molar-refractivity contribution is 5.98. The van der Waals surface area contributed by atoms with Crippen molar-refractivity contribution in [1.82, 2.24) is 4.98 Å². The number of benzene rings is 2. The Morgan fingerprint density at radius 3 is 2.57 bits per heavy atom. The standard InChI is InChI=1S/C23H20F3N3O/c1-12(2)28-16-6-7-17-14(9-16)10-18-19(22(27)30)11-20(29-21(17)18)13-4-3-5-15(8-13)23(24,25)26/h3-9,11-12,28H,10H2,1-2H3,(H2,27,30). The molecule has 0 bridgehead atoms. The van der Waals surface area contributed by atoms with Gasteiger partial charge in [-0.1, -0.05) is 18.2 Å². The number of pyridine rings is 1. The van der Waals surface area contributed by atoms with Crippen molar-refractivity contribution in [3.8, 4) is 22.5 Å². The smallest absolute Gasteiger partial charge is 0.383 e. The summed E-state index contributed by atoms with van der Waals surface area (Å²) in [4.78, 5) is 16.8. The zero-order valence-electron chi connectivity index (χ0n) is 16.5. The monoisotopic (exact) mass is 411 g/mol. The van der Waals surface area contributed by atoms with E-state index in [1.54, 1.807) is 6.07 Å². The molecule has 0 spiro atoms. The summed E-state index contributed by atoms with van der Waals surface area (Å²) >= 11 is 0. The maximum absolute atomic E-state index is 13.1. The summed E-state index contributed by atoms with van der Waals surface area (Å²) in [5.74, 6) is -0.629. The lowest BCUT2D eigenvalue weighted by Crippen LogP contribution is -2.14. The van der Waals surface area contributed by atoms with Crippen LogP contribution in [0.4, 0.5) is 18.9 Å². The second kappa shape index (κ2) is 7.16. The predicted molar refractivity (Wildman–Crippen MR) is 110 cm³/mol. The van der Waals surface area contributed by atoms with Gasteiger partial charge in [0.15, 0.2) is 0 Å². The first kappa shape index (κ1) is 19.9. The number of nitrogens with one attached hydrogen (secondary N) is 1. The van der Waals surface area contributed by atoms with Gasteiger partial charge < -0.3 is 11.1 Å². The number of nitrogens with two attached hydrogens (primary N) is 1. The van der Waals surface area contributed by atoms with Gasteiger partial charge in [0, 0.05) is 34.8 Å². The third kappa shape index (κ3) is 3.63. The molecule has 30 heavy (non-hydrogen) atoms. The Morgan fingerprint density at radius 2 is 1.90 bits per heavy atom. The van der Waals surface area contributed by atoms with Crippen LogP contribution in [-0.4, -0.2) is 16.9 Å². The zero-order chi connectivity index (χ0) is 21.6. The van der Waals surface area contributed by atoms with Gasteiger partial charge in [0.25, 0.3) is 0 Å². The van der Waals surface area contributed by atoms with Gasteiger partial charge >= 0.3 is 6.18 Å². The van der Waals surface area contributed by atoms with E-state index in [1.165, 1.54) is 12.1 Å². The molecule has 0 unspecified atom stereocenters. The second-order valence-corrected chi connectivity index (χ2v) is 7.67. The molecule has 3 aromatic rings. The van der Waals surface area contributed by atoms with Gasteiger partial charge in [0.1, 0.15) is 0 Å². The van der Waals surface area contributed by atoms with E-state index in [0.717, 1.165) is 28.9 Å². The molecule has 1 heterocycles. The number of rotatable bonds is 4. The van der Waals surface area contributed by atoms with Crippen LogP contribution < -0.4 is 11.1 Å². The van der Waals surface area contributed by atoms with E-state index in [1.807, 2.05) is 32.0 Å². The summed E-state index contributed by atoms with van der Waals surface area (Å²) in [6, 6.07) is 12.5. The van der Waals surface area contributed by atoms with Gasteiger partial charge in [0.2, 0.25) is 5.91 Å². The summed E-state index contributed by atoms with van der Waals surface area (Å²) in [5.41, 5.74) is 9.77. The molecule has 0 atom stereocenters. The van der Waals surface area contributed by atoms with Gasteiger partial charge in [-0.3, -0.25) is 4.79 Å². The molecule has 4 nitrogen and oxygen atoms in total. The van der Waals surface area contributed by atoms with Gasteiger partial charge in [0.05, 0.1) is 17.0 Å². The van der Waals surface area contributed by atoms with Crippen LogP contribution in [0, 0.1) is 0 Å². The summed E-state index contributed by atoms with van der Waals surface area (Å²) in [7, 11) is 0. The fourth-order valence-corrected chi connectivity index (χ4v) is 3.78. The number of aromatic nitrogens is 1. The highest BCUT2D eigenvalue weighted by Gasteiger charge is 2.31. The Hall–Kier alpha value is -3.35. The van der Waals surface area contributed by atoms with E-state index in [9.17, 15) is 18.0 Å². The largest absolute Gasteiger partial charge is 0.416 e. The van der Waals surface area contributed by atoms with Crippen LogP contribution in [0.25, 0.3) is 22.5 Å². The first-order valence-corrected chi connectivity index (χ1v) is 9.54. The number of hydrogen-bond donors (Lipinski definition) is 2. The van der Waals surface area contributed by atoms with Gasteiger partial charge in [-0.25, -0.2) is 4.98 Å². The number of carbonyl (C=O) groups excluding carboxylic acids is 1. The summed E-state index contributed by atoms with van der Waals surface area (Å²) < 4.78 is 39.4. The van der Waals surface area contributed by atoms with E-state index in [4.69, 9.17) is 5.73 Å². The number of alkyl halides is 3. The summed E-state index contributed by atoms with van der Waals surface area (Å²) in [5, 5.41) is 3.34. The van der Waals surface area contributed by atoms with Gasteiger partial charge in [-0.2, -0.15) is 13.2 Å². The van der Waals surface area contributed by atoms with E-state index >= 15 is 0 Å². The number of fused-ring (bicyclic) bond motifs is 3. The van der Waals surface area contributed by atoms with Crippen molar-refractivity contribution >= 4 is 11.6 Å². The molecule has 1 aliphatic rings. The molecular weight excluding hydrogens is 391 g/mol. The fourth-order valence-electron chi connectivity index (χ4n) is 3.78. The van der Waals surface area contributed by atoms with Crippen LogP contribution >= 0.6 is 0 Å². The van der Waals surface area contributed by atoms with Crippen molar-refractivity contribution in [3.05, 3.63) is 70.8 Å². The van der Waals surface area contributed by atoms with Crippen molar-refractivity contribution < 1.29 is 18.0 Å². The Balaban J connectivity index is 1.85. The van der Waals surface area contributed by atoms with Gasteiger partial charge in [-0.15, -0.1) is 0 Å². The number of hydrogen-bond acceptors (Lipinski definition) is 3. The number of anilines is 1. The van der Waals surface area contributed by atoms with Crippen molar-refractivity contribution in [2.75, 3.05) is 5.32 Å². The fraction of sp³-hybridized carbons (Fsp3) is 0.217. The van der Waals surface area contributed by atoms with Crippen molar-refractivity contribution in [3.63, 3.8) is 0 Å². The number of primary amides is 1. The van der Waals surface area contributed by atoms with E-state index in [2.05, 4.69) is 10.3 Å². The SMILES string of the molecule is CC(C)Nc1ccc2c(c1)Cc1c(C(N)=O)cc(-c3cccc(C(F)(F)F)c3)nc1-2.